The average molecular weight is 480 g/mol. The molecule has 8 nitrogen and oxygen atoms in total. The van der Waals surface area contributed by atoms with Crippen LogP contribution in [0.3, 0.4) is 0 Å². The number of carboxylic acids is 1. The summed E-state index contributed by atoms with van der Waals surface area (Å²) in [5.41, 5.74) is 0.138. The van der Waals surface area contributed by atoms with Crippen LogP contribution in [0.4, 0.5) is 18.0 Å². The first-order chi connectivity index (χ1) is 16.0. The molecule has 11 heteroatoms. The molecule has 1 aliphatic carbocycles. The summed E-state index contributed by atoms with van der Waals surface area (Å²) in [6.45, 7) is -0.410. The van der Waals surface area contributed by atoms with Gasteiger partial charge in [-0.1, -0.05) is 48.5 Å². The predicted molar refractivity (Wildman–Crippen MR) is 114 cm³/mol. The fourth-order valence-electron chi connectivity index (χ4n) is 3.74. The van der Waals surface area contributed by atoms with Crippen LogP contribution in [0.25, 0.3) is 11.1 Å². The number of carbonyl (C=O) groups excluding carboxylic acids is 2. The van der Waals surface area contributed by atoms with E-state index < -0.39 is 48.3 Å². The quantitative estimate of drug-likeness (QED) is 0.535. The molecule has 0 aliphatic heterocycles. The number of hydrogen-bond donors (Lipinski definition) is 3. The van der Waals surface area contributed by atoms with Gasteiger partial charge < -0.3 is 19.9 Å². The Morgan fingerprint density at radius 2 is 1.56 bits per heavy atom. The van der Waals surface area contributed by atoms with E-state index in [9.17, 15) is 27.6 Å². The van der Waals surface area contributed by atoms with Crippen molar-refractivity contribution >= 4 is 18.0 Å². The molecular weight excluding hydrogens is 457 g/mol. The largest absolute Gasteiger partial charge is 0.480 e. The summed E-state index contributed by atoms with van der Waals surface area (Å²) in [6, 6.07) is 13.1. The highest BCUT2D eigenvalue weighted by Crippen LogP contribution is 2.44. The minimum absolute atomic E-state index is 0.267. The predicted octanol–water partition coefficient (Wildman–Crippen LogP) is 3.06. The van der Waals surface area contributed by atoms with Crippen LogP contribution in [0.1, 0.15) is 24.0 Å². The average Bonchev–Trinajstić information content (AvgIpc) is 3.10. The molecule has 182 valence electrons. The zero-order valence-electron chi connectivity index (χ0n) is 18.3. The molecule has 0 heterocycles. The Morgan fingerprint density at radius 1 is 1.03 bits per heavy atom. The summed E-state index contributed by atoms with van der Waals surface area (Å²) < 4.78 is 51.1. The monoisotopic (exact) mass is 480 g/mol. The standard InChI is InChI=1S/C23H23F3N2O6/c1-22(23(24,25)26,20(31)27-18(12-33-2)19(29)30)28-21(32)34-11-17-15-9-5-3-7-13(15)14-8-4-6-10-16(14)17/h3-10,17-18H,11-12H2,1-2H3,(H,27,31)(H,28,32)(H,29,30). The molecule has 34 heavy (non-hydrogen) atoms. The summed E-state index contributed by atoms with van der Waals surface area (Å²) in [5, 5.41) is 12.4. The number of amides is 2. The van der Waals surface area contributed by atoms with Crippen LogP contribution in [0.5, 0.6) is 0 Å². The van der Waals surface area contributed by atoms with Gasteiger partial charge in [-0.25, -0.2) is 9.59 Å². The van der Waals surface area contributed by atoms with Gasteiger partial charge in [0.2, 0.25) is 5.54 Å². The number of methoxy groups -OCH3 is 1. The zero-order valence-corrected chi connectivity index (χ0v) is 18.3. The van der Waals surface area contributed by atoms with Crippen molar-refractivity contribution in [2.24, 2.45) is 0 Å². The lowest BCUT2D eigenvalue weighted by molar-refractivity contribution is -0.195. The fraction of sp³-hybridized carbons (Fsp3) is 0.348. The lowest BCUT2D eigenvalue weighted by Gasteiger charge is -2.32. The number of alkyl carbamates (subject to hydrolysis) is 1. The van der Waals surface area contributed by atoms with E-state index in [0.717, 1.165) is 29.4 Å². The molecule has 0 radical (unpaired) electrons. The van der Waals surface area contributed by atoms with Crippen LogP contribution in [-0.4, -0.2) is 61.2 Å². The molecule has 0 aromatic heterocycles. The van der Waals surface area contributed by atoms with E-state index in [1.165, 1.54) is 0 Å². The number of carboxylic acid groups (broad SMARTS) is 1. The highest BCUT2D eigenvalue weighted by atomic mass is 19.4. The van der Waals surface area contributed by atoms with Gasteiger partial charge >= 0.3 is 18.2 Å². The molecule has 2 atom stereocenters. The molecule has 3 rings (SSSR count). The molecule has 0 saturated carbocycles. The van der Waals surface area contributed by atoms with E-state index in [-0.39, 0.29) is 6.61 Å². The first-order valence-corrected chi connectivity index (χ1v) is 10.2. The zero-order chi connectivity index (χ0) is 25.1. The van der Waals surface area contributed by atoms with Gasteiger partial charge in [-0.2, -0.15) is 13.2 Å². The van der Waals surface area contributed by atoms with Crippen LogP contribution in [0, 0.1) is 0 Å². The lowest BCUT2D eigenvalue weighted by atomic mass is 9.98. The number of aliphatic carboxylic acids is 1. The van der Waals surface area contributed by atoms with Crippen molar-refractivity contribution in [2.45, 2.75) is 30.6 Å². The van der Waals surface area contributed by atoms with Crippen molar-refractivity contribution in [1.82, 2.24) is 10.6 Å². The summed E-state index contributed by atoms with van der Waals surface area (Å²) in [4.78, 5) is 36.0. The minimum Gasteiger partial charge on any atom is -0.480 e. The van der Waals surface area contributed by atoms with Gasteiger partial charge in [-0.3, -0.25) is 10.1 Å². The first-order valence-electron chi connectivity index (χ1n) is 10.2. The summed E-state index contributed by atoms with van der Waals surface area (Å²) >= 11 is 0. The Bertz CT molecular complexity index is 1040. The van der Waals surface area contributed by atoms with E-state index in [0.29, 0.717) is 6.92 Å². The molecule has 0 saturated heterocycles. The van der Waals surface area contributed by atoms with Crippen molar-refractivity contribution in [3.63, 3.8) is 0 Å². The van der Waals surface area contributed by atoms with Gasteiger partial charge in [0.05, 0.1) is 6.61 Å². The lowest BCUT2D eigenvalue weighted by Crippen LogP contribution is -2.67. The van der Waals surface area contributed by atoms with Gasteiger partial charge in [0.15, 0.2) is 6.04 Å². The number of fused-ring (bicyclic) bond motifs is 3. The van der Waals surface area contributed by atoms with Crippen LogP contribution in [0.15, 0.2) is 48.5 Å². The molecule has 2 amide bonds. The normalized spacial score (nSPS) is 15.4. The van der Waals surface area contributed by atoms with E-state index in [2.05, 4.69) is 4.74 Å². The van der Waals surface area contributed by atoms with Gasteiger partial charge in [-0.15, -0.1) is 0 Å². The van der Waals surface area contributed by atoms with Gasteiger partial charge in [0.25, 0.3) is 5.91 Å². The second kappa shape index (κ2) is 9.72. The summed E-state index contributed by atoms with van der Waals surface area (Å²) in [7, 11) is 1.12. The number of rotatable bonds is 8. The number of halogens is 3. The Hall–Kier alpha value is -3.60. The Kier molecular flexibility index (Phi) is 7.15. The fourth-order valence-corrected chi connectivity index (χ4v) is 3.74. The molecule has 2 unspecified atom stereocenters. The van der Waals surface area contributed by atoms with E-state index >= 15 is 0 Å². The van der Waals surface area contributed by atoms with Crippen LogP contribution in [0.2, 0.25) is 0 Å². The molecule has 1 aliphatic rings. The number of nitrogens with one attached hydrogen (secondary N) is 2. The topological polar surface area (TPSA) is 114 Å². The Balaban J connectivity index is 1.75. The molecule has 3 N–H and O–H groups in total. The van der Waals surface area contributed by atoms with E-state index in [1.807, 2.05) is 48.5 Å². The van der Waals surface area contributed by atoms with Crippen LogP contribution < -0.4 is 10.6 Å². The van der Waals surface area contributed by atoms with Gasteiger partial charge in [-0.05, 0) is 29.2 Å². The second-order valence-electron chi connectivity index (χ2n) is 7.89. The maximum atomic E-state index is 13.8. The van der Waals surface area contributed by atoms with Crippen molar-refractivity contribution < 1.29 is 42.1 Å². The van der Waals surface area contributed by atoms with Crippen molar-refractivity contribution in [1.29, 1.82) is 0 Å². The highest BCUT2D eigenvalue weighted by molar-refractivity contribution is 5.93. The smallest absolute Gasteiger partial charge is 0.420 e. The van der Waals surface area contributed by atoms with Crippen LogP contribution >= 0.6 is 0 Å². The van der Waals surface area contributed by atoms with Crippen molar-refractivity contribution in [3.8, 4) is 11.1 Å². The summed E-state index contributed by atoms with van der Waals surface area (Å²) in [6.07, 6.45) is -6.73. The molecular formula is C23H23F3N2O6. The molecule has 0 fully saturated rings. The third-order valence-corrected chi connectivity index (χ3v) is 5.65. The maximum Gasteiger partial charge on any atom is 0.420 e. The molecule has 2 aromatic carbocycles. The third-order valence-electron chi connectivity index (χ3n) is 5.65. The molecule has 2 aromatic rings. The maximum absolute atomic E-state index is 13.8. The minimum atomic E-state index is -5.25. The molecule has 0 bridgehead atoms. The van der Waals surface area contributed by atoms with Crippen LogP contribution in [-0.2, 0) is 19.1 Å². The summed E-state index contributed by atoms with van der Waals surface area (Å²) in [5.74, 6) is -3.76. The second-order valence-corrected chi connectivity index (χ2v) is 7.89. The Morgan fingerprint density at radius 3 is 2.03 bits per heavy atom. The number of hydrogen-bond acceptors (Lipinski definition) is 5. The number of ether oxygens (including phenoxy) is 2. The van der Waals surface area contributed by atoms with Crippen molar-refractivity contribution in [2.75, 3.05) is 20.3 Å². The number of carbonyl (C=O) groups is 3. The van der Waals surface area contributed by atoms with Gasteiger partial charge in [0, 0.05) is 13.0 Å². The number of benzene rings is 2. The van der Waals surface area contributed by atoms with Gasteiger partial charge in [0.1, 0.15) is 6.61 Å². The van der Waals surface area contributed by atoms with E-state index in [1.54, 1.807) is 10.6 Å². The highest BCUT2D eigenvalue weighted by Gasteiger charge is 2.59. The first kappa shape index (κ1) is 25.0. The third kappa shape index (κ3) is 4.84. The van der Waals surface area contributed by atoms with E-state index in [4.69, 9.17) is 9.84 Å². The van der Waals surface area contributed by atoms with Crippen molar-refractivity contribution in [3.05, 3.63) is 59.7 Å². The number of alkyl halides is 3. The molecule has 0 spiro atoms. The SMILES string of the molecule is COCC(NC(=O)C(C)(NC(=O)OCC1c2ccccc2-c2ccccc21)C(F)(F)F)C(=O)O. The Labute approximate surface area is 193 Å².